The number of rotatable bonds is 2. The largest absolute Gasteiger partial charge is 0.478 e. The van der Waals surface area contributed by atoms with Gasteiger partial charge < -0.3 is 15.1 Å². The highest BCUT2D eigenvalue weighted by molar-refractivity contribution is 9.10. The number of aromatic nitrogens is 2. The summed E-state index contributed by atoms with van der Waals surface area (Å²) in [5.74, 6) is -2.59. The van der Waals surface area contributed by atoms with Crippen molar-refractivity contribution in [1.29, 1.82) is 0 Å². The number of hydrogen-bond acceptors (Lipinski definition) is 2. The maximum atomic E-state index is 13.2. The normalized spacial score (nSPS) is 10.4. The Bertz CT molecular complexity index is 1360. The van der Waals surface area contributed by atoms with E-state index in [4.69, 9.17) is 10.6 Å². The first kappa shape index (κ1) is 21.5. The highest BCUT2D eigenvalue weighted by Crippen LogP contribution is 2.26. The van der Waals surface area contributed by atoms with Crippen LogP contribution >= 0.6 is 31.9 Å². The summed E-state index contributed by atoms with van der Waals surface area (Å²) >= 11 is 6.02. The van der Waals surface area contributed by atoms with Gasteiger partial charge in [0.2, 0.25) is 0 Å². The van der Waals surface area contributed by atoms with Crippen molar-refractivity contribution in [2.24, 2.45) is 5.11 Å². The summed E-state index contributed by atoms with van der Waals surface area (Å²) in [5.41, 5.74) is 9.46. The van der Waals surface area contributed by atoms with Crippen molar-refractivity contribution in [2.75, 3.05) is 0 Å². The first-order valence-corrected chi connectivity index (χ1v) is 9.56. The molecule has 2 aromatic carbocycles. The second-order valence-corrected chi connectivity index (χ2v) is 7.54. The molecule has 0 fully saturated rings. The van der Waals surface area contributed by atoms with E-state index in [1.54, 1.807) is 0 Å². The standard InChI is InChI=1S/C9H4BrFN4O.C9H5BrFNO2/c10-6-1-4-5(9(16)14-15-12)3-13-8(4)2-7(6)11;10-6-1-4-5(9(13)14)3-12-8(4)2-7(6)11/h1-3,13H;1-3,12H,(H,13,14). The van der Waals surface area contributed by atoms with Crippen molar-refractivity contribution in [1.82, 2.24) is 9.97 Å². The molecule has 0 spiro atoms. The van der Waals surface area contributed by atoms with Crippen LogP contribution in [0.2, 0.25) is 0 Å². The van der Waals surface area contributed by atoms with Crippen molar-refractivity contribution in [3.8, 4) is 0 Å². The van der Waals surface area contributed by atoms with Crippen molar-refractivity contribution < 1.29 is 23.5 Å². The quantitative estimate of drug-likeness (QED) is 0.157. The van der Waals surface area contributed by atoms with Gasteiger partial charge in [-0.2, -0.15) is 0 Å². The average Bonchev–Trinajstić information content (AvgIpc) is 3.27. The van der Waals surface area contributed by atoms with Crippen LogP contribution in [0.1, 0.15) is 20.7 Å². The molecule has 0 saturated carbocycles. The van der Waals surface area contributed by atoms with Crippen molar-refractivity contribution >= 4 is 65.5 Å². The lowest BCUT2D eigenvalue weighted by Gasteiger charge is -1.96. The van der Waals surface area contributed by atoms with Crippen LogP contribution in [0.3, 0.4) is 0 Å². The van der Waals surface area contributed by atoms with Gasteiger partial charge >= 0.3 is 5.97 Å². The van der Waals surface area contributed by atoms with Crippen molar-refractivity contribution in [3.63, 3.8) is 0 Å². The molecule has 0 aliphatic carbocycles. The molecule has 0 aliphatic heterocycles. The minimum absolute atomic E-state index is 0.140. The molecular weight excluding hydrogens is 532 g/mol. The number of nitrogens with one attached hydrogen (secondary N) is 2. The zero-order chi connectivity index (χ0) is 22.0. The van der Waals surface area contributed by atoms with Gasteiger partial charge in [0.1, 0.15) is 11.6 Å². The predicted octanol–water partition coefficient (Wildman–Crippen LogP) is 6.29. The monoisotopic (exact) mass is 539 g/mol. The van der Waals surface area contributed by atoms with Gasteiger partial charge in [0.15, 0.2) is 0 Å². The van der Waals surface area contributed by atoms with E-state index in [1.165, 1.54) is 36.7 Å². The SMILES string of the molecule is O=C(O)c1c[nH]c2cc(F)c(Br)cc12.[N-]=[N+]=NC(=O)c1c[nH]c2cc(F)c(Br)cc12. The van der Waals surface area contributed by atoms with E-state index in [1.807, 2.05) is 0 Å². The van der Waals surface area contributed by atoms with Crippen LogP contribution in [0.15, 0.2) is 50.7 Å². The minimum atomic E-state index is -1.03. The van der Waals surface area contributed by atoms with Crippen LogP contribution in [-0.4, -0.2) is 27.0 Å². The van der Waals surface area contributed by atoms with E-state index in [-0.39, 0.29) is 20.1 Å². The minimum Gasteiger partial charge on any atom is -0.478 e. The maximum absolute atomic E-state index is 13.2. The van der Waals surface area contributed by atoms with E-state index in [9.17, 15) is 18.4 Å². The molecule has 0 radical (unpaired) electrons. The number of hydrogen-bond donors (Lipinski definition) is 3. The topological polar surface area (TPSA) is 135 Å². The number of halogens is 4. The molecule has 4 rings (SSSR count). The third-order valence-electron chi connectivity index (χ3n) is 4.04. The molecule has 8 nitrogen and oxygen atoms in total. The number of benzene rings is 2. The van der Waals surface area contributed by atoms with Gasteiger partial charge in [-0.1, -0.05) is 0 Å². The zero-order valence-corrected chi connectivity index (χ0v) is 17.8. The molecule has 30 heavy (non-hydrogen) atoms. The molecule has 2 aromatic heterocycles. The fraction of sp³-hybridized carbons (Fsp3) is 0. The Kier molecular flexibility index (Phi) is 6.20. The molecule has 2 heterocycles. The number of nitrogens with zero attached hydrogens (tertiary/aromatic N) is 3. The Morgan fingerprint density at radius 1 is 0.933 bits per heavy atom. The Balaban J connectivity index is 0.000000172. The highest BCUT2D eigenvalue weighted by Gasteiger charge is 2.13. The van der Waals surface area contributed by atoms with E-state index in [2.05, 4.69) is 51.9 Å². The summed E-state index contributed by atoms with van der Waals surface area (Å²) in [7, 11) is 0. The lowest BCUT2D eigenvalue weighted by Crippen LogP contribution is -1.93. The molecule has 0 saturated heterocycles. The van der Waals surface area contributed by atoms with Gasteiger partial charge in [-0.3, -0.25) is 4.79 Å². The smallest absolute Gasteiger partial charge is 0.337 e. The molecule has 0 bridgehead atoms. The van der Waals surface area contributed by atoms with Gasteiger partial charge in [-0.15, -0.1) is 0 Å². The first-order chi connectivity index (χ1) is 14.2. The predicted molar refractivity (Wildman–Crippen MR) is 112 cm³/mol. The summed E-state index contributed by atoms with van der Waals surface area (Å²) in [6.07, 6.45) is 2.73. The summed E-state index contributed by atoms with van der Waals surface area (Å²) in [6.45, 7) is 0. The van der Waals surface area contributed by atoms with Crippen LogP contribution in [0, 0.1) is 11.6 Å². The van der Waals surface area contributed by atoms with E-state index < -0.39 is 23.5 Å². The molecule has 152 valence electrons. The van der Waals surface area contributed by atoms with Crippen LogP contribution in [-0.2, 0) is 0 Å². The Labute approximate surface area is 182 Å². The molecule has 1 amide bonds. The molecular formula is C18H9Br2F2N5O3. The third-order valence-corrected chi connectivity index (χ3v) is 5.26. The van der Waals surface area contributed by atoms with Crippen molar-refractivity contribution in [2.45, 2.75) is 0 Å². The van der Waals surface area contributed by atoms with Gasteiger partial charge in [-0.05, 0) is 66.8 Å². The molecule has 4 aromatic rings. The van der Waals surface area contributed by atoms with Crippen molar-refractivity contribution in [3.05, 3.63) is 78.8 Å². The van der Waals surface area contributed by atoms with Gasteiger partial charge in [0, 0.05) is 44.7 Å². The number of carboxylic acid groups (broad SMARTS) is 1. The number of carbonyl (C=O) groups excluding carboxylic acids is 1. The fourth-order valence-corrected chi connectivity index (χ4v) is 3.37. The number of carboxylic acids is 1. The lowest BCUT2D eigenvalue weighted by atomic mass is 10.1. The van der Waals surface area contributed by atoms with E-state index in [0.717, 1.165) is 0 Å². The van der Waals surface area contributed by atoms with E-state index in [0.29, 0.717) is 21.8 Å². The second-order valence-electron chi connectivity index (χ2n) is 5.83. The van der Waals surface area contributed by atoms with Crippen LogP contribution < -0.4 is 0 Å². The van der Waals surface area contributed by atoms with Crippen LogP contribution in [0.5, 0.6) is 0 Å². The molecule has 3 N–H and O–H groups in total. The Morgan fingerprint density at radius 2 is 1.40 bits per heavy atom. The van der Waals surface area contributed by atoms with E-state index >= 15 is 0 Å². The molecule has 0 unspecified atom stereocenters. The lowest BCUT2D eigenvalue weighted by molar-refractivity contribution is 0.0698. The number of amides is 1. The molecule has 0 atom stereocenters. The number of azide groups is 1. The first-order valence-electron chi connectivity index (χ1n) is 7.98. The van der Waals surface area contributed by atoms with Gasteiger partial charge in [-0.25, -0.2) is 13.6 Å². The third kappa shape index (κ3) is 4.20. The fourth-order valence-electron chi connectivity index (χ4n) is 2.68. The number of carbonyl (C=O) groups is 2. The van der Waals surface area contributed by atoms with Crippen LogP contribution in [0.25, 0.3) is 32.2 Å². The van der Waals surface area contributed by atoms with Gasteiger partial charge in [0.25, 0.3) is 5.91 Å². The Hall–Kier alpha value is -3.21. The summed E-state index contributed by atoms with van der Waals surface area (Å²) in [4.78, 5) is 30.0. The number of aromatic carboxylic acids is 1. The van der Waals surface area contributed by atoms with Crippen LogP contribution in [0.4, 0.5) is 8.78 Å². The zero-order valence-electron chi connectivity index (χ0n) is 14.6. The summed E-state index contributed by atoms with van der Waals surface area (Å²) in [5, 5.41) is 12.8. The number of aromatic amines is 2. The molecule has 12 heteroatoms. The van der Waals surface area contributed by atoms with Gasteiger partial charge in [0.05, 0.1) is 14.5 Å². The molecule has 0 aliphatic rings. The number of fused-ring (bicyclic) bond motifs is 2. The average molecular weight is 541 g/mol. The summed E-state index contributed by atoms with van der Waals surface area (Å²) < 4.78 is 26.7. The number of H-pyrrole nitrogens is 2. The Morgan fingerprint density at radius 3 is 1.87 bits per heavy atom. The second kappa shape index (κ2) is 8.66. The maximum Gasteiger partial charge on any atom is 0.337 e. The highest BCUT2D eigenvalue weighted by atomic mass is 79.9. The summed E-state index contributed by atoms with van der Waals surface area (Å²) in [6, 6.07) is 5.42.